The Morgan fingerprint density at radius 2 is 0.763 bits per heavy atom. The van der Waals surface area contributed by atoms with Gasteiger partial charge >= 0.3 is 0 Å². The van der Waals surface area contributed by atoms with Crippen LogP contribution in [0.2, 0.25) is 0 Å². The average Bonchev–Trinajstić information content (AvgIpc) is 0.857. The molecule has 0 aromatic carbocycles. The molecular formula is C59H107N9O29. The molecule has 3 aliphatic heterocycles. The minimum absolute atomic E-state index is 0.0208. The monoisotopic (exact) mass is 1410 g/mol. The molecule has 18 unspecified atom stereocenters. The molecule has 0 saturated carbocycles. The molecule has 3 fully saturated rings. The number of nitrogens with one attached hydrogen (secondary N) is 9. The van der Waals surface area contributed by atoms with Gasteiger partial charge in [-0.25, -0.2) is 0 Å². The van der Waals surface area contributed by atoms with Gasteiger partial charge in [-0.3, -0.25) is 43.7 Å². The van der Waals surface area contributed by atoms with Gasteiger partial charge in [0.2, 0.25) is 47.3 Å². The fourth-order valence-electron chi connectivity index (χ4n) is 9.86. The molecule has 0 radical (unpaired) electrons. The summed E-state index contributed by atoms with van der Waals surface area (Å²) >= 11 is 0. The molecule has 3 heterocycles. The van der Waals surface area contributed by atoms with Gasteiger partial charge in [0.1, 0.15) is 85.3 Å². The van der Waals surface area contributed by atoms with Crippen molar-refractivity contribution in [3.05, 3.63) is 0 Å². The van der Waals surface area contributed by atoms with Gasteiger partial charge in [-0.1, -0.05) is 0 Å². The zero-order valence-corrected chi connectivity index (χ0v) is 56.0. The first kappa shape index (κ1) is 86.1. The van der Waals surface area contributed by atoms with Crippen molar-refractivity contribution in [1.82, 2.24) is 47.9 Å². The molecule has 0 aromatic heterocycles. The molecule has 38 nitrogen and oxygen atoms in total. The van der Waals surface area contributed by atoms with Crippen molar-refractivity contribution in [3.63, 3.8) is 0 Å². The molecule has 3 saturated heterocycles. The summed E-state index contributed by atoms with van der Waals surface area (Å²) in [5.74, 6) is -4.92. The first-order valence-corrected chi connectivity index (χ1v) is 32.4. The molecule has 38 heteroatoms. The van der Waals surface area contributed by atoms with Gasteiger partial charge in [-0.2, -0.15) is 0 Å². The van der Waals surface area contributed by atoms with Crippen molar-refractivity contribution in [2.45, 2.75) is 202 Å². The van der Waals surface area contributed by atoms with Crippen LogP contribution in [0.4, 0.5) is 0 Å². The predicted octanol–water partition coefficient (Wildman–Crippen LogP) is -9.29. The van der Waals surface area contributed by atoms with Crippen LogP contribution in [0, 0.1) is 0 Å². The number of aliphatic hydroxyl groups is 10. The highest BCUT2D eigenvalue weighted by atomic mass is 16.7. The zero-order valence-electron chi connectivity index (χ0n) is 56.0. The van der Waals surface area contributed by atoms with Gasteiger partial charge in [0.15, 0.2) is 18.9 Å². The van der Waals surface area contributed by atoms with E-state index in [1.165, 1.54) is 20.8 Å². The van der Waals surface area contributed by atoms with E-state index in [1.54, 1.807) is 0 Å². The lowest BCUT2D eigenvalue weighted by Gasteiger charge is -2.42. The zero-order chi connectivity index (χ0) is 72.0. The minimum atomic E-state index is -1.55. The molecule has 8 amide bonds. The van der Waals surface area contributed by atoms with E-state index >= 15 is 0 Å². The summed E-state index contributed by atoms with van der Waals surface area (Å²) in [4.78, 5) is 104. The Balaban J connectivity index is 1.64. The maximum Gasteiger partial charge on any atom is 0.242 e. The first-order chi connectivity index (χ1) is 46.1. The van der Waals surface area contributed by atoms with E-state index in [9.17, 15) is 89.4 Å². The quantitative estimate of drug-likeness (QED) is 0.0199. The lowest BCUT2D eigenvalue weighted by Crippen LogP contribution is -2.65. The third-order valence-electron chi connectivity index (χ3n) is 14.8. The van der Waals surface area contributed by atoms with E-state index in [-0.39, 0.29) is 142 Å². The van der Waals surface area contributed by atoms with E-state index in [2.05, 4.69) is 47.9 Å². The molecule has 19 N–H and O–H groups in total. The first-order valence-electron chi connectivity index (χ1n) is 32.4. The van der Waals surface area contributed by atoms with Gasteiger partial charge < -0.3 is 146 Å². The Morgan fingerprint density at radius 1 is 0.433 bits per heavy atom. The molecular weight excluding hydrogens is 1300 g/mol. The fraction of sp³-hybridized carbons (Fsp3) is 0.864. The minimum Gasteiger partial charge on any atom is -0.394 e. The van der Waals surface area contributed by atoms with Crippen LogP contribution >= 0.6 is 0 Å². The Kier molecular flexibility index (Phi) is 41.8. The summed E-state index contributed by atoms with van der Waals surface area (Å²) in [6, 6.07) is -6.17. The Morgan fingerprint density at radius 3 is 1.13 bits per heavy atom. The number of carbonyl (C=O) groups is 8. The standard InChI is InChI=1S/C59H107N9O29/c1-33(72)64-45-51(82)48(79)38(30-69)95-56(45)91-26-22-87-18-15-61-42(76)12-10-36(54(85)62-16-20-88-23-27-92-57-46(65-34(2)73)52(83)49(80)39(31-70)96-57)68-44(78)13-11-37(67-43(77)9-7-8-41(75)60-14-19-90-25-29-94-59(4,5)6)55(86)63-17-21-89-24-28-93-58-47(66-35(3)74)53(84)50(81)40(32-71)97-58/h33,36-40,45-53,56-58,64,69-72,79-84H,7-32H2,1-6H3,(H,60,75)(H,61,76)(H,62,85)(H,63,86)(H,65,73)(H,66,74)(H,67,77)(H,68,78). The molecule has 0 spiro atoms. The van der Waals surface area contributed by atoms with Crippen molar-refractivity contribution < 1.29 is 142 Å². The van der Waals surface area contributed by atoms with E-state index in [0.29, 0.717) is 13.2 Å². The highest BCUT2D eigenvalue weighted by Crippen LogP contribution is 2.25. The SMILES string of the molecule is CC(=O)NC1C(OCCOCCNC(=O)C(CCC(=O)NCCOCCOC2OC(CO)C(O)C(O)C2NC(C)O)NC(=O)CCC(NC(=O)CCCC(=O)NCCOCCOC(C)(C)C)C(=O)NCCOCCOC2OC(CO)C(O)C(O)C2NC(C)=O)OC(CO)C(O)C1O. The maximum absolute atomic E-state index is 13.7. The highest BCUT2D eigenvalue weighted by molar-refractivity contribution is 5.90. The van der Waals surface area contributed by atoms with E-state index < -0.39 is 178 Å². The molecule has 3 rings (SSSR count). The van der Waals surface area contributed by atoms with E-state index in [0.717, 1.165) is 0 Å². The van der Waals surface area contributed by atoms with Crippen LogP contribution < -0.4 is 47.9 Å². The van der Waals surface area contributed by atoms with E-state index in [4.69, 9.17) is 52.1 Å². The summed E-state index contributed by atoms with van der Waals surface area (Å²) in [5.41, 5.74) is -0.332. The van der Waals surface area contributed by atoms with Crippen molar-refractivity contribution in [2.24, 2.45) is 0 Å². The summed E-state index contributed by atoms with van der Waals surface area (Å²) in [7, 11) is 0. The topological polar surface area (TPSA) is 549 Å². The number of hydrogen-bond acceptors (Lipinski definition) is 30. The number of rotatable bonds is 48. The number of carbonyl (C=O) groups excluding carboxylic acids is 8. The molecule has 97 heavy (non-hydrogen) atoms. The summed E-state index contributed by atoms with van der Waals surface area (Å²) in [6.07, 6.45) is -19.1. The highest BCUT2D eigenvalue weighted by Gasteiger charge is 2.48. The molecule has 0 aliphatic carbocycles. The Labute approximate surface area is 562 Å². The predicted molar refractivity (Wildman–Crippen MR) is 332 cm³/mol. The molecule has 562 valence electrons. The fourth-order valence-corrected chi connectivity index (χ4v) is 9.86. The Hall–Kier alpha value is -5.12. The summed E-state index contributed by atoms with van der Waals surface area (Å²) in [6.45, 7) is 7.38. The van der Waals surface area contributed by atoms with Gasteiger partial charge in [-0.05, 0) is 47.0 Å². The Bertz CT molecular complexity index is 2320. The number of amides is 8. The van der Waals surface area contributed by atoms with Crippen molar-refractivity contribution in [1.29, 1.82) is 0 Å². The normalized spacial score (nSPS) is 26.7. The van der Waals surface area contributed by atoms with Crippen LogP contribution in [0.3, 0.4) is 0 Å². The molecule has 18 atom stereocenters. The van der Waals surface area contributed by atoms with Crippen molar-refractivity contribution >= 4 is 47.3 Å². The lowest BCUT2D eigenvalue weighted by atomic mass is 9.97. The van der Waals surface area contributed by atoms with Crippen LogP contribution in [-0.4, -0.2) is 339 Å². The number of hydrogen-bond donors (Lipinski definition) is 19. The third kappa shape index (κ3) is 33.7. The van der Waals surface area contributed by atoms with Crippen LogP contribution in [0.25, 0.3) is 0 Å². The number of ether oxygens (including phenoxy) is 11. The van der Waals surface area contributed by atoms with Crippen molar-refractivity contribution in [3.8, 4) is 0 Å². The number of aliphatic hydroxyl groups excluding tert-OH is 10. The maximum atomic E-state index is 13.7. The van der Waals surface area contributed by atoms with E-state index in [1.807, 2.05) is 20.8 Å². The summed E-state index contributed by atoms with van der Waals surface area (Å²) in [5, 5.41) is 124. The second-order valence-electron chi connectivity index (χ2n) is 23.9. The van der Waals surface area contributed by atoms with Crippen LogP contribution in [0.15, 0.2) is 0 Å². The molecule has 0 aromatic rings. The molecule has 0 bridgehead atoms. The van der Waals surface area contributed by atoms with Gasteiger partial charge in [0.25, 0.3) is 0 Å². The lowest BCUT2D eigenvalue weighted by molar-refractivity contribution is -0.275. The van der Waals surface area contributed by atoms with Gasteiger partial charge in [-0.15, -0.1) is 0 Å². The largest absolute Gasteiger partial charge is 0.394 e. The van der Waals surface area contributed by atoms with Crippen LogP contribution in [-0.2, 0) is 90.5 Å². The smallest absolute Gasteiger partial charge is 0.242 e. The van der Waals surface area contributed by atoms with Crippen LogP contribution in [0.1, 0.15) is 86.5 Å². The average molecular weight is 1410 g/mol. The van der Waals surface area contributed by atoms with Crippen LogP contribution in [0.5, 0.6) is 0 Å². The second-order valence-corrected chi connectivity index (χ2v) is 23.9. The van der Waals surface area contributed by atoms with Gasteiger partial charge in [0, 0.05) is 65.7 Å². The second kappa shape index (κ2) is 47.1. The summed E-state index contributed by atoms with van der Waals surface area (Å²) < 4.78 is 61.4. The third-order valence-corrected chi connectivity index (χ3v) is 14.8. The molecule has 3 aliphatic rings. The van der Waals surface area contributed by atoms with Crippen molar-refractivity contribution in [2.75, 3.05) is 125 Å². The van der Waals surface area contributed by atoms with Gasteiger partial charge in [0.05, 0.1) is 111 Å².